The van der Waals surface area contributed by atoms with E-state index in [1.807, 2.05) is 36.4 Å². The van der Waals surface area contributed by atoms with E-state index in [4.69, 9.17) is 9.60 Å². The van der Waals surface area contributed by atoms with Crippen LogP contribution >= 0.6 is 0 Å². The predicted molar refractivity (Wildman–Crippen MR) is 173 cm³/mol. The van der Waals surface area contributed by atoms with Gasteiger partial charge < -0.3 is 0 Å². The van der Waals surface area contributed by atoms with Crippen LogP contribution in [-0.4, -0.2) is 0 Å². The quantitative estimate of drug-likeness (QED) is 0.206. The molecule has 0 unspecified atom stereocenters. The Morgan fingerprint density at radius 2 is 0.875 bits per heavy atom. The second kappa shape index (κ2) is 9.22. The van der Waals surface area contributed by atoms with Crippen LogP contribution in [0.3, 0.4) is 0 Å². The normalized spacial score (nSPS) is 13.9. The summed E-state index contributed by atoms with van der Waals surface area (Å²) in [5, 5.41) is 6.85. The van der Waals surface area contributed by atoms with Gasteiger partial charge in [0.25, 0.3) is 0 Å². The summed E-state index contributed by atoms with van der Waals surface area (Å²) in [7, 11) is 0. The lowest BCUT2D eigenvalue weighted by Crippen LogP contribution is -1.91. The molecular weight excluding hydrogens is 480 g/mol. The molecule has 0 spiro atoms. The molecule has 0 fully saturated rings. The lowest BCUT2D eigenvalue weighted by molar-refractivity contribution is 1.63. The van der Waals surface area contributed by atoms with Gasteiger partial charge >= 0.3 is 0 Å². The minimum absolute atomic E-state index is 0.0441. The standard InChI is InChI=1S/C40H26/c1-2-12-31-26-32(25-20-27(31)10-1)40-37-17-7-5-15-35(37)39(36-16-6-8-18-38(36)40)30-23-21-29(22-24-30)34-19-9-13-28-11-3-4-14-33(28)34/h1-26H/i3D,4D,9D,11D,13D,14D,19D. The summed E-state index contributed by atoms with van der Waals surface area (Å²) < 4.78 is 59.2. The van der Waals surface area contributed by atoms with Crippen molar-refractivity contribution in [1.82, 2.24) is 0 Å². The molecule has 0 bridgehead atoms. The summed E-state index contributed by atoms with van der Waals surface area (Å²) in [4.78, 5) is 0. The number of hydrogen-bond donors (Lipinski definition) is 0. The van der Waals surface area contributed by atoms with Gasteiger partial charge in [-0.3, -0.25) is 0 Å². The molecule has 0 heterocycles. The van der Waals surface area contributed by atoms with Crippen LogP contribution in [-0.2, 0) is 0 Å². The first kappa shape index (κ1) is 16.7. The molecule has 0 amide bonds. The Hall–Kier alpha value is -5.20. The van der Waals surface area contributed by atoms with Gasteiger partial charge in [-0.15, -0.1) is 0 Å². The summed E-state index contributed by atoms with van der Waals surface area (Å²) in [6.07, 6.45) is 0. The van der Waals surface area contributed by atoms with Gasteiger partial charge in [0.15, 0.2) is 0 Å². The second-order valence-electron chi connectivity index (χ2n) is 9.98. The average Bonchev–Trinajstić information content (AvgIpc) is 3.11. The highest BCUT2D eigenvalue weighted by molar-refractivity contribution is 6.21. The van der Waals surface area contributed by atoms with E-state index in [0.717, 1.165) is 38.2 Å². The van der Waals surface area contributed by atoms with Crippen LogP contribution in [0.15, 0.2) is 158 Å². The van der Waals surface area contributed by atoms with Gasteiger partial charge in [-0.05, 0) is 82.5 Å². The van der Waals surface area contributed by atoms with Crippen molar-refractivity contribution in [2.24, 2.45) is 0 Å². The molecule has 0 heteroatoms. The van der Waals surface area contributed by atoms with Crippen molar-refractivity contribution in [3.8, 4) is 33.4 Å². The van der Waals surface area contributed by atoms with E-state index < -0.39 is 12.1 Å². The highest BCUT2D eigenvalue weighted by atomic mass is 14.2. The molecule has 0 aliphatic carbocycles. The molecule has 8 rings (SSSR count). The third-order valence-corrected chi connectivity index (χ3v) is 7.74. The first-order chi connectivity index (χ1) is 22.8. The van der Waals surface area contributed by atoms with Gasteiger partial charge in [-0.2, -0.15) is 0 Å². The highest BCUT2D eigenvalue weighted by Crippen LogP contribution is 2.44. The van der Waals surface area contributed by atoms with Gasteiger partial charge in [0.1, 0.15) is 0 Å². The number of benzene rings is 8. The Bertz CT molecular complexity index is 2520. The van der Waals surface area contributed by atoms with Crippen LogP contribution in [0.25, 0.3) is 76.5 Å². The Balaban J connectivity index is 1.37. The Morgan fingerprint density at radius 1 is 0.350 bits per heavy atom. The summed E-state index contributed by atoms with van der Waals surface area (Å²) in [6, 6.07) is 36.8. The molecule has 40 heavy (non-hydrogen) atoms. The molecular formula is C40H26. The topological polar surface area (TPSA) is 0 Å². The Labute approximate surface area is 243 Å². The summed E-state index contributed by atoms with van der Waals surface area (Å²) in [6.45, 7) is 0. The van der Waals surface area contributed by atoms with E-state index in [0.29, 0.717) is 5.56 Å². The van der Waals surface area contributed by atoms with E-state index in [1.54, 1.807) is 0 Å². The van der Waals surface area contributed by atoms with Crippen molar-refractivity contribution >= 4 is 43.1 Å². The fraction of sp³-hybridized carbons (Fsp3) is 0. The molecule has 186 valence electrons. The highest BCUT2D eigenvalue weighted by Gasteiger charge is 2.17. The summed E-state index contributed by atoms with van der Waals surface area (Å²) >= 11 is 0. The third kappa shape index (κ3) is 3.61. The molecule has 8 aromatic carbocycles. The summed E-state index contributed by atoms with van der Waals surface area (Å²) in [5.74, 6) is 0. The molecule has 0 atom stereocenters. The fourth-order valence-electron chi connectivity index (χ4n) is 5.93. The molecule has 0 N–H and O–H groups in total. The van der Waals surface area contributed by atoms with Crippen molar-refractivity contribution in [2.75, 3.05) is 0 Å². The monoisotopic (exact) mass is 513 g/mol. The second-order valence-corrected chi connectivity index (χ2v) is 9.98. The summed E-state index contributed by atoms with van der Waals surface area (Å²) in [5.41, 5.74) is 5.09. The fourth-order valence-corrected chi connectivity index (χ4v) is 5.93. The maximum atomic E-state index is 8.78. The van der Waals surface area contributed by atoms with Gasteiger partial charge in [0.2, 0.25) is 0 Å². The van der Waals surface area contributed by atoms with Gasteiger partial charge in [-0.25, -0.2) is 0 Å². The average molecular weight is 514 g/mol. The molecule has 0 aliphatic heterocycles. The minimum atomic E-state index is -0.458. The van der Waals surface area contributed by atoms with E-state index in [1.165, 1.54) is 16.3 Å². The third-order valence-electron chi connectivity index (χ3n) is 7.74. The number of fused-ring (bicyclic) bond motifs is 4. The maximum absolute atomic E-state index is 8.78. The van der Waals surface area contributed by atoms with Crippen molar-refractivity contribution in [2.45, 2.75) is 0 Å². The smallest absolute Gasteiger partial charge is 0.0616 e. The van der Waals surface area contributed by atoms with Crippen molar-refractivity contribution in [3.63, 3.8) is 0 Å². The van der Waals surface area contributed by atoms with Gasteiger partial charge in [-0.1, -0.05) is 151 Å². The Morgan fingerprint density at radius 3 is 1.57 bits per heavy atom. The molecule has 0 aliphatic rings. The van der Waals surface area contributed by atoms with Crippen LogP contribution in [0.5, 0.6) is 0 Å². The molecule has 0 aromatic heterocycles. The molecule has 0 radical (unpaired) electrons. The van der Waals surface area contributed by atoms with E-state index in [2.05, 4.69) is 78.9 Å². The molecule has 8 aromatic rings. The first-order valence-electron chi connectivity index (χ1n) is 16.8. The molecule has 0 nitrogen and oxygen atoms in total. The van der Waals surface area contributed by atoms with Crippen LogP contribution in [0.1, 0.15) is 9.60 Å². The van der Waals surface area contributed by atoms with Gasteiger partial charge in [0.05, 0.1) is 9.60 Å². The molecule has 0 saturated heterocycles. The van der Waals surface area contributed by atoms with E-state index in [-0.39, 0.29) is 46.5 Å². The number of rotatable bonds is 3. The van der Waals surface area contributed by atoms with Crippen LogP contribution < -0.4 is 0 Å². The van der Waals surface area contributed by atoms with E-state index in [9.17, 15) is 0 Å². The van der Waals surface area contributed by atoms with Crippen molar-refractivity contribution < 1.29 is 9.60 Å². The maximum Gasteiger partial charge on any atom is 0.0629 e. The van der Waals surface area contributed by atoms with Gasteiger partial charge in [0, 0.05) is 0 Å². The van der Waals surface area contributed by atoms with E-state index >= 15 is 0 Å². The van der Waals surface area contributed by atoms with Crippen LogP contribution in [0.4, 0.5) is 0 Å². The largest absolute Gasteiger partial charge is 0.0629 e. The Kier molecular flexibility index (Phi) is 3.85. The molecule has 0 saturated carbocycles. The predicted octanol–water partition coefficient (Wildman–Crippen LogP) is 11.3. The first-order valence-corrected chi connectivity index (χ1v) is 13.3. The number of hydrogen-bond acceptors (Lipinski definition) is 0. The van der Waals surface area contributed by atoms with Crippen LogP contribution in [0.2, 0.25) is 0 Å². The van der Waals surface area contributed by atoms with Crippen molar-refractivity contribution in [3.05, 3.63) is 158 Å². The zero-order chi connectivity index (χ0) is 32.6. The SMILES string of the molecule is [2H]c1c([2H])c([2H])c2c(-c3ccc(-c4c5ccccc5c(-c5ccc6ccccc6c5)c5ccccc45)cc3)c([2H])c([2H])c([2H])c2c1[2H]. The lowest BCUT2D eigenvalue weighted by atomic mass is 9.85. The minimum Gasteiger partial charge on any atom is -0.0616 e. The van der Waals surface area contributed by atoms with Crippen LogP contribution in [0, 0.1) is 0 Å². The lowest BCUT2D eigenvalue weighted by Gasteiger charge is -2.18. The zero-order valence-electron chi connectivity index (χ0n) is 28.5. The zero-order valence-corrected chi connectivity index (χ0v) is 21.5. The van der Waals surface area contributed by atoms with Crippen molar-refractivity contribution in [1.29, 1.82) is 0 Å².